The standard InChI is InChI=1S/C12H15Cl2NO/c13-10-2-1-8(5-11(10)14)6-12(15)9-3-4-16-7-9/h1-2,5,9,12H,3-4,6-7,15H2. The second-order valence-corrected chi connectivity index (χ2v) is 5.05. The molecule has 1 heterocycles. The fourth-order valence-electron chi connectivity index (χ4n) is 2.00. The van der Waals surface area contributed by atoms with Crippen LogP contribution in [0.3, 0.4) is 0 Å². The third-order valence-electron chi connectivity index (χ3n) is 3.03. The van der Waals surface area contributed by atoms with Crippen molar-refractivity contribution in [3.05, 3.63) is 33.8 Å². The number of hydrogen-bond donors (Lipinski definition) is 1. The van der Waals surface area contributed by atoms with E-state index < -0.39 is 0 Å². The van der Waals surface area contributed by atoms with E-state index in [4.69, 9.17) is 33.7 Å². The molecule has 88 valence electrons. The molecule has 0 spiro atoms. The zero-order valence-electron chi connectivity index (χ0n) is 8.96. The van der Waals surface area contributed by atoms with Gasteiger partial charge in [-0.1, -0.05) is 29.3 Å². The summed E-state index contributed by atoms with van der Waals surface area (Å²) < 4.78 is 5.33. The quantitative estimate of drug-likeness (QED) is 0.906. The predicted molar refractivity (Wildman–Crippen MR) is 67.1 cm³/mol. The molecule has 0 aromatic heterocycles. The summed E-state index contributed by atoms with van der Waals surface area (Å²) in [6, 6.07) is 5.82. The van der Waals surface area contributed by atoms with Crippen molar-refractivity contribution in [2.45, 2.75) is 18.9 Å². The van der Waals surface area contributed by atoms with Gasteiger partial charge in [0, 0.05) is 12.6 Å². The fourth-order valence-corrected chi connectivity index (χ4v) is 2.32. The van der Waals surface area contributed by atoms with E-state index in [1.165, 1.54) is 0 Å². The summed E-state index contributed by atoms with van der Waals surface area (Å²) in [4.78, 5) is 0. The van der Waals surface area contributed by atoms with Gasteiger partial charge in [-0.3, -0.25) is 0 Å². The van der Waals surface area contributed by atoms with E-state index in [0.29, 0.717) is 16.0 Å². The van der Waals surface area contributed by atoms with Gasteiger partial charge in [-0.15, -0.1) is 0 Å². The minimum atomic E-state index is 0.139. The van der Waals surface area contributed by atoms with Crippen molar-refractivity contribution >= 4 is 23.2 Å². The van der Waals surface area contributed by atoms with Crippen molar-refractivity contribution in [2.75, 3.05) is 13.2 Å². The number of benzene rings is 1. The molecule has 2 unspecified atom stereocenters. The average molecular weight is 260 g/mol. The summed E-state index contributed by atoms with van der Waals surface area (Å²) in [5.41, 5.74) is 7.28. The van der Waals surface area contributed by atoms with Crippen molar-refractivity contribution in [3.8, 4) is 0 Å². The first-order chi connectivity index (χ1) is 7.66. The molecule has 2 rings (SSSR count). The van der Waals surface area contributed by atoms with Gasteiger partial charge in [-0.25, -0.2) is 0 Å². The van der Waals surface area contributed by atoms with Gasteiger partial charge in [-0.2, -0.15) is 0 Å². The molecule has 0 bridgehead atoms. The summed E-state index contributed by atoms with van der Waals surface area (Å²) in [7, 11) is 0. The van der Waals surface area contributed by atoms with Crippen LogP contribution in [0.1, 0.15) is 12.0 Å². The van der Waals surface area contributed by atoms with Crippen LogP contribution >= 0.6 is 23.2 Å². The minimum absolute atomic E-state index is 0.139. The number of nitrogens with two attached hydrogens (primary N) is 1. The molecule has 1 aliphatic heterocycles. The van der Waals surface area contributed by atoms with Crippen molar-refractivity contribution in [1.82, 2.24) is 0 Å². The minimum Gasteiger partial charge on any atom is -0.381 e. The maximum Gasteiger partial charge on any atom is 0.0595 e. The smallest absolute Gasteiger partial charge is 0.0595 e. The van der Waals surface area contributed by atoms with Crippen LogP contribution in [0.4, 0.5) is 0 Å². The van der Waals surface area contributed by atoms with E-state index in [0.717, 1.165) is 31.6 Å². The molecular formula is C12H15Cl2NO. The van der Waals surface area contributed by atoms with E-state index in [2.05, 4.69) is 0 Å². The highest BCUT2D eigenvalue weighted by atomic mass is 35.5. The second kappa shape index (κ2) is 5.37. The first kappa shape index (κ1) is 12.2. The largest absolute Gasteiger partial charge is 0.381 e. The molecule has 16 heavy (non-hydrogen) atoms. The topological polar surface area (TPSA) is 35.2 Å². The molecular weight excluding hydrogens is 245 g/mol. The van der Waals surface area contributed by atoms with Crippen LogP contribution in [0.2, 0.25) is 10.0 Å². The van der Waals surface area contributed by atoms with E-state index in [1.54, 1.807) is 0 Å². The third kappa shape index (κ3) is 2.89. The van der Waals surface area contributed by atoms with Crippen molar-refractivity contribution < 1.29 is 4.74 Å². The molecule has 1 fully saturated rings. The number of ether oxygens (including phenoxy) is 1. The lowest BCUT2D eigenvalue weighted by molar-refractivity contribution is 0.180. The van der Waals surface area contributed by atoms with Crippen LogP contribution in [-0.4, -0.2) is 19.3 Å². The molecule has 1 aromatic rings. The van der Waals surface area contributed by atoms with Crippen LogP contribution in [0, 0.1) is 5.92 Å². The summed E-state index contributed by atoms with van der Waals surface area (Å²) >= 11 is 11.8. The predicted octanol–water partition coefficient (Wildman–Crippen LogP) is 2.90. The molecule has 4 heteroatoms. The second-order valence-electron chi connectivity index (χ2n) is 4.24. The molecule has 0 aliphatic carbocycles. The molecule has 1 aromatic carbocycles. The maximum atomic E-state index is 6.14. The maximum absolute atomic E-state index is 6.14. The summed E-state index contributed by atoms with van der Waals surface area (Å²) in [6.07, 6.45) is 1.88. The van der Waals surface area contributed by atoms with E-state index in [9.17, 15) is 0 Å². The van der Waals surface area contributed by atoms with Crippen LogP contribution in [0.5, 0.6) is 0 Å². The Morgan fingerprint density at radius 3 is 2.81 bits per heavy atom. The van der Waals surface area contributed by atoms with Crippen molar-refractivity contribution in [1.29, 1.82) is 0 Å². The highest BCUT2D eigenvalue weighted by Gasteiger charge is 2.22. The van der Waals surface area contributed by atoms with Crippen LogP contribution in [-0.2, 0) is 11.2 Å². The van der Waals surface area contributed by atoms with Gasteiger partial charge in [0.1, 0.15) is 0 Å². The Labute approximate surface area is 106 Å². The molecule has 1 aliphatic rings. The monoisotopic (exact) mass is 259 g/mol. The van der Waals surface area contributed by atoms with Gasteiger partial charge in [0.15, 0.2) is 0 Å². The lowest BCUT2D eigenvalue weighted by atomic mass is 9.94. The highest BCUT2D eigenvalue weighted by molar-refractivity contribution is 6.42. The van der Waals surface area contributed by atoms with Crippen LogP contribution in [0.25, 0.3) is 0 Å². The van der Waals surface area contributed by atoms with Crippen molar-refractivity contribution in [2.24, 2.45) is 11.7 Å². The Hall–Kier alpha value is -0.280. The molecule has 0 saturated carbocycles. The Balaban J connectivity index is 1.99. The van der Waals surface area contributed by atoms with Crippen LogP contribution in [0.15, 0.2) is 18.2 Å². The zero-order valence-corrected chi connectivity index (χ0v) is 10.5. The fraction of sp³-hybridized carbons (Fsp3) is 0.500. The average Bonchev–Trinajstić information content (AvgIpc) is 2.77. The Kier molecular flexibility index (Phi) is 4.09. The Morgan fingerprint density at radius 1 is 1.38 bits per heavy atom. The molecule has 2 atom stereocenters. The van der Waals surface area contributed by atoms with E-state index in [-0.39, 0.29) is 6.04 Å². The van der Waals surface area contributed by atoms with Gasteiger partial charge < -0.3 is 10.5 Å². The Bertz CT molecular complexity index is 364. The van der Waals surface area contributed by atoms with Gasteiger partial charge in [-0.05, 0) is 36.5 Å². The summed E-state index contributed by atoms with van der Waals surface area (Å²) in [5, 5.41) is 1.18. The zero-order chi connectivity index (χ0) is 11.5. The highest BCUT2D eigenvalue weighted by Crippen LogP contribution is 2.24. The van der Waals surface area contributed by atoms with Gasteiger partial charge in [0.25, 0.3) is 0 Å². The van der Waals surface area contributed by atoms with Crippen molar-refractivity contribution in [3.63, 3.8) is 0 Å². The molecule has 2 N–H and O–H groups in total. The molecule has 1 saturated heterocycles. The summed E-state index contributed by atoms with van der Waals surface area (Å²) in [6.45, 7) is 1.61. The van der Waals surface area contributed by atoms with Gasteiger partial charge in [0.2, 0.25) is 0 Å². The Morgan fingerprint density at radius 2 is 2.19 bits per heavy atom. The number of halogens is 2. The number of hydrogen-bond acceptors (Lipinski definition) is 2. The van der Waals surface area contributed by atoms with Crippen LogP contribution < -0.4 is 5.73 Å². The number of rotatable bonds is 3. The molecule has 0 radical (unpaired) electrons. The van der Waals surface area contributed by atoms with Gasteiger partial charge >= 0.3 is 0 Å². The normalized spacial score (nSPS) is 22.3. The third-order valence-corrected chi connectivity index (χ3v) is 3.76. The lowest BCUT2D eigenvalue weighted by Gasteiger charge is -2.17. The molecule has 2 nitrogen and oxygen atoms in total. The summed E-state index contributed by atoms with van der Waals surface area (Å²) in [5.74, 6) is 0.467. The van der Waals surface area contributed by atoms with E-state index in [1.807, 2.05) is 18.2 Å². The first-order valence-electron chi connectivity index (χ1n) is 5.44. The first-order valence-corrected chi connectivity index (χ1v) is 6.19. The van der Waals surface area contributed by atoms with Gasteiger partial charge in [0.05, 0.1) is 16.7 Å². The van der Waals surface area contributed by atoms with E-state index >= 15 is 0 Å². The lowest BCUT2D eigenvalue weighted by Crippen LogP contribution is -2.32. The molecule has 0 amide bonds. The SMILES string of the molecule is NC(Cc1ccc(Cl)c(Cl)c1)C1CCOC1.